The minimum absolute atomic E-state index is 0.192. The molecule has 3 N–H and O–H groups in total. The number of primary amides is 1. The van der Waals surface area contributed by atoms with Crippen LogP contribution in [-0.2, 0) is 16.1 Å². The summed E-state index contributed by atoms with van der Waals surface area (Å²) in [6.45, 7) is 6.48. The van der Waals surface area contributed by atoms with E-state index < -0.39 is 11.8 Å². The molecule has 1 aromatic heterocycles. The Hall–Kier alpha value is -1.82. The van der Waals surface area contributed by atoms with Crippen LogP contribution in [-0.4, -0.2) is 28.1 Å². The molecule has 0 bridgehead atoms. The summed E-state index contributed by atoms with van der Waals surface area (Å²) in [6.07, 6.45) is 2.89. The van der Waals surface area contributed by atoms with Gasteiger partial charge in [0.2, 0.25) is 11.8 Å². The molecule has 0 saturated heterocycles. The number of hydrogen-bond acceptors (Lipinski definition) is 3. The molecule has 0 aliphatic heterocycles. The van der Waals surface area contributed by atoms with Gasteiger partial charge in [-0.1, -0.05) is 25.4 Å². The Morgan fingerprint density at radius 2 is 2.15 bits per heavy atom. The highest BCUT2D eigenvalue weighted by molar-refractivity contribution is 6.31. The third kappa shape index (κ3) is 4.70. The maximum absolute atomic E-state index is 11.5. The summed E-state index contributed by atoms with van der Waals surface area (Å²) in [5, 5.41) is 7.19. The van der Waals surface area contributed by atoms with Crippen molar-refractivity contribution in [2.75, 3.05) is 6.54 Å². The lowest BCUT2D eigenvalue weighted by molar-refractivity contribution is -0.122. The van der Waals surface area contributed by atoms with Crippen molar-refractivity contribution in [2.45, 2.75) is 27.3 Å². The Morgan fingerprint density at radius 1 is 1.50 bits per heavy atom. The van der Waals surface area contributed by atoms with Gasteiger partial charge in [0.05, 0.1) is 12.2 Å². The third-order valence-corrected chi connectivity index (χ3v) is 2.88. The quantitative estimate of drug-likeness (QED) is 0.771. The van der Waals surface area contributed by atoms with Gasteiger partial charge in [0.15, 0.2) is 0 Å². The molecular formula is C13H19ClN4O2. The number of aryl methyl sites for hydroxylation is 1. The van der Waals surface area contributed by atoms with Crippen molar-refractivity contribution in [1.29, 1.82) is 0 Å². The number of aromatic nitrogens is 2. The minimum atomic E-state index is -0.592. The Labute approximate surface area is 123 Å². The first kappa shape index (κ1) is 16.2. The summed E-state index contributed by atoms with van der Waals surface area (Å²) in [5.41, 5.74) is 6.37. The Bertz CT molecular complexity index is 535. The van der Waals surface area contributed by atoms with Crippen LogP contribution in [0.3, 0.4) is 0 Å². The van der Waals surface area contributed by atoms with Crippen molar-refractivity contribution < 1.29 is 9.59 Å². The summed E-state index contributed by atoms with van der Waals surface area (Å²) < 4.78 is 1.71. The lowest BCUT2D eigenvalue weighted by Crippen LogP contribution is -2.32. The number of amides is 2. The van der Waals surface area contributed by atoms with Crippen molar-refractivity contribution in [3.63, 3.8) is 0 Å². The van der Waals surface area contributed by atoms with Crippen molar-refractivity contribution in [3.8, 4) is 0 Å². The molecule has 0 aliphatic carbocycles. The van der Waals surface area contributed by atoms with Crippen molar-refractivity contribution in [2.24, 2.45) is 11.7 Å². The zero-order valence-electron chi connectivity index (χ0n) is 11.8. The Morgan fingerprint density at radius 3 is 2.70 bits per heavy atom. The number of hydrogen-bond donors (Lipinski definition) is 2. The van der Waals surface area contributed by atoms with Gasteiger partial charge in [-0.05, 0) is 18.9 Å². The topological polar surface area (TPSA) is 90.0 Å². The molecule has 110 valence electrons. The van der Waals surface area contributed by atoms with Gasteiger partial charge in [-0.15, -0.1) is 0 Å². The zero-order chi connectivity index (χ0) is 15.3. The van der Waals surface area contributed by atoms with Crippen LogP contribution in [0, 0.1) is 12.8 Å². The second kappa shape index (κ2) is 7.09. The first-order chi connectivity index (χ1) is 9.31. The van der Waals surface area contributed by atoms with Crippen LogP contribution in [0.25, 0.3) is 6.08 Å². The van der Waals surface area contributed by atoms with Crippen LogP contribution in [0.2, 0.25) is 5.15 Å². The van der Waals surface area contributed by atoms with Crippen LogP contribution < -0.4 is 11.1 Å². The van der Waals surface area contributed by atoms with E-state index in [-0.39, 0.29) is 6.54 Å². The number of carbonyl (C=O) groups excluding carboxylic acids is 2. The average Bonchev–Trinajstić information content (AvgIpc) is 2.59. The first-order valence-corrected chi connectivity index (χ1v) is 6.66. The number of halogens is 1. The smallest absolute Gasteiger partial charge is 0.244 e. The molecule has 0 aromatic carbocycles. The summed E-state index contributed by atoms with van der Waals surface area (Å²) in [7, 11) is 0. The fourth-order valence-corrected chi connectivity index (χ4v) is 1.92. The molecule has 0 saturated carbocycles. The maximum atomic E-state index is 11.5. The van der Waals surface area contributed by atoms with E-state index in [1.807, 2.05) is 6.92 Å². The number of nitrogens with one attached hydrogen (secondary N) is 1. The predicted molar refractivity (Wildman–Crippen MR) is 78.1 cm³/mol. The summed E-state index contributed by atoms with van der Waals surface area (Å²) in [5.74, 6) is -0.580. The van der Waals surface area contributed by atoms with E-state index in [0.717, 1.165) is 5.69 Å². The average molecular weight is 299 g/mol. The van der Waals surface area contributed by atoms with Gasteiger partial charge in [0, 0.05) is 18.2 Å². The lowest BCUT2D eigenvalue weighted by atomic mass is 10.2. The van der Waals surface area contributed by atoms with Gasteiger partial charge in [-0.3, -0.25) is 14.3 Å². The van der Waals surface area contributed by atoms with Crippen LogP contribution in [0.1, 0.15) is 25.1 Å². The molecule has 0 aliphatic rings. The van der Waals surface area contributed by atoms with E-state index in [1.165, 1.54) is 6.08 Å². The third-order valence-electron chi connectivity index (χ3n) is 2.49. The maximum Gasteiger partial charge on any atom is 0.244 e. The van der Waals surface area contributed by atoms with E-state index in [4.69, 9.17) is 17.3 Å². The predicted octanol–water partition coefficient (Wildman–Crippen LogP) is 1.12. The fourth-order valence-electron chi connectivity index (χ4n) is 1.62. The molecule has 6 nitrogen and oxygen atoms in total. The highest BCUT2D eigenvalue weighted by atomic mass is 35.5. The summed E-state index contributed by atoms with van der Waals surface area (Å²) in [6, 6.07) is 0. The van der Waals surface area contributed by atoms with Gasteiger partial charge >= 0.3 is 0 Å². The highest BCUT2D eigenvalue weighted by Gasteiger charge is 2.12. The van der Waals surface area contributed by atoms with E-state index in [9.17, 15) is 9.59 Å². The monoisotopic (exact) mass is 298 g/mol. The minimum Gasteiger partial charge on any atom is -0.368 e. The molecule has 0 fully saturated rings. The summed E-state index contributed by atoms with van der Waals surface area (Å²) >= 11 is 6.23. The van der Waals surface area contributed by atoms with Gasteiger partial charge in [0.1, 0.15) is 5.15 Å². The Balaban J connectivity index is 2.79. The van der Waals surface area contributed by atoms with E-state index in [1.54, 1.807) is 10.8 Å². The zero-order valence-corrected chi connectivity index (χ0v) is 12.6. The molecule has 1 aromatic rings. The van der Waals surface area contributed by atoms with Crippen molar-refractivity contribution in [3.05, 3.63) is 22.5 Å². The van der Waals surface area contributed by atoms with Crippen LogP contribution in [0.4, 0.5) is 0 Å². The molecule has 7 heteroatoms. The summed E-state index contributed by atoms with van der Waals surface area (Å²) in [4.78, 5) is 22.0. The number of carbonyl (C=O) groups is 2. The largest absolute Gasteiger partial charge is 0.368 e. The molecule has 0 radical (unpaired) electrons. The lowest BCUT2D eigenvalue weighted by Gasteiger charge is -2.05. The Kier molecular flexibility index (Phi) is 5.76. The molecule has 0 atom stereocenters. The van der Waals surface area contributed by atoms with Gasteiger partial charge in [-0.2, -0.15) is 5.10 Å². The van der Waals surface area contributed by atoms with E-state index in [0.29, 0.717) is 23.2 Å². The van der Waals surface area contributed by atoms with Crippen molar-refractivity contribution in [1.82, 2.24) is 15.1 Å². The highest BCUT2D eigenvalue weighted by Crippen LogP contribution is 2.22. The number of rotatable bonds is 6. The SMILES string of the molecule is Cc1nn(CC(C)C)c(Cl)c1/C=C/C(=O)NCC(N)=O. The van der Waals surface area contributed by atoms with Gasteiger partial charge in [0.25, 0.3) is 0 Å². The number of nitrogens with two attached hydrogens (primary N) is 1. The molecule has 20 heavy (non-hydrogen) atoms. The van der Waals surface area contributed by atoms with E-state index >= 15 is 0 Å². The molecule has 1 rings (SSSR count). The van der Waals surface area contributed by atoms with Crippen LogP contribution in [0.15, 0.2) is 6.08 Å². The molecule has 2 amide bonds. The molecule has 0 unspecified atom stereocenters. The van der Waals surface area contributed by atoms with Crippen LogP contribution >= 0.6 is 11.6 Å². The van der Waals surface area contributed by atoms with Gasteiger partial charge < -0.3 is 11.1 Å². The number of nitrogens with zero attached hydrogens (tertiary/aromatic N) is 2. The standard InChI is InChI=1S/C13H19ClN4O2/c1-8(2)7-18-13(14)10(9(3)17-18)4-5-12(20)16-6-11(15)19/h4-5,8H,6-7H2,1-3H3,(H2,15,19)(H,16,20)/b5-4+. The normalized spacial score (nSPS) is 11.2. The van der Waals surface area contributed by atoms with Crippen molar-refractivity contribution >= 4 is 29.5 Å². The second-order valence-electron chi connectivity index (χ2n) is 4.88. The second-order valence-corrected chi connectivity index (χ2v) is 5.24. The van der Waals surface area contributed by atoms with Crippen LogP contribution in [0.5, 0.6) is 0 Å². The molecule has 1 heterocycles. The van der Waals surface area contributed by atoms with Gasteiger partial charge in [-0.25, -0.2) is 0 Å². The molecule has 0 spiro atoms. The molecular weight excluding hydrogens is 280 g/mol. The van der Waals surface area contributed by atoms with E-state index in [2.05, 4.69) is 24.3 Å². The fraction of sp³-hybridized carbons (Fsp3) is 0.462. The first-order valence-electron chi connectivity index (χ1n) is 6.28.